The lowest BCUT2D eigenvalue weighted by atomic mass is 9.91. The average molecular weight is 381 g/mol. The van der Waals surface area contributed by atoms with Crippen LogP contribution in [0.2, 0.25) is 0 Å². The number of halogens is 1. The van der Waals surface area contributed by atoms with Crippen LogP contribution in [0.25, 0.3) is 10.9 Å². The topological polar surface area (TPSA) is 122 Å². The van der Waals surface area contributed by atoms with Crippen molar-refractivity contribution in [3.05, 3.63) is 50.3 Å². The fourth-order valence-corrected chi connectivity index (χ4v) is 3.33. The minimum atomic E-state index is -0.522. The first-order valence-electron chi connectivity index (χ1n) is 8.23. The first-order valence-corrected chi connectivity index (χ1v) is 8.23. The Morgan fingerprint density at radius 3 is 2.81 bits per heavy atom. The van der Waals surface area contributed by atoms with Crippen LogP contribution in [-0.2, 0) is 0 Å². The number of aromatic amines is 1. The predicted octanol–water partition coefficient (Wildman–Crippen LogP) is 2.06. The summed E-state index contributed by atoms with van der Waals surface area (Å²) in [6.45, 7) is 3.04. The Balaban J connectivity index is 0.00000243. The van der Waals surface area contributed by atoms with Gasteiger partial charge in [-0.25, -0.2) is 0 Å². The number of benzene rings is 1. The van der Waals surface area contributed by atoms with Crippen LogP contribution in [0.1, 0.15) is 30.1 Å². The highest BCUT2D eigenvalue weighted by molar-refractivity contribution is 6.06. The zero-order valence-corrected chi connectivity index (χ0v) is 15.1. The van der Waals surface area contributed by atoms with E-state index in [0.29, 0.717) is 24.0 Å². The minimum Gasteiger partial charge on any atom is -0.338 e. The van der Waals surface area contributed by atoms with E-state index in [1.165, 1.54) is 24.3 Å². The number of aromatic nitrogens is 1. The monoisotopic (exact) mass is 380 g/mol. The highest BCUT2D eigenvalue weighted by Crippen LogP contribution is 2.25. The predicted molar refractivity (Wildman–Crippen MR) is 101 cm³/mol. The van der Waals surface area contributed by atoms with E-state index >= 15 is 0 Å². The van der Waals surface area contributed by atoms with Gasteiger partial charge >= 0.3 is 0 Å². The molecule has 1 fully saturated rings. The smallest absolute Gasteiger partial charge is 0.270 e. The summed E-state index contributed by atoms with van der Waals surface area (Å²) in [6.07, 6.45) is 1.81. The van der Waals surface area contributed by atoms with E-state index in [1.807, 2.05) is 6.92 Å². The van der Waals surface area contributed by atoms with Crippen molar-refractivity contribution in [3.8, 4) is 0 Å². The Hall–Kier alpha value is -2.45. The Bertz CT molecular complexity index is 896. The largest absolute Gasteiger partial charge is 0.338 e. The van der Waals surface area contributed by atoms with Crippen LogP contribution in [-0.4, -0.2) is 39.8 Å². The summed E-state index contributed by atoms with van der Waals surface area (Å²) in [4.78, 5) is 39.7. The number of carbonyl (C=O) groups is 1. The molecule has 1 aromatic heterocycles. The van der Waals surface area contributed by atoms with Gasteiger partial charge in [-0.3, -0.25) is 19.7 Å². The number of nitro benzene ring substituents is 1. The number of hydrogen-bond acceptors (Lipinski definition) is 5. The van der Waals surface area contributed by atoms with E-state index in [0.717, 1.165) is 12.8 Å². The summed E-state index contributed by atoms with van der Waals surface area (Å²) >= 11 is 0. The van der Waals surface area contributed by atoms with Gasteiger partial charge in [0.1, 0.15) is 0 Å². The van der Waals surface area contributed by atoms with Gasteiger partial charge in [-0.15, -0.1) is 12.4 Å². The van der Waals surface area contributed by atoms with E-state index in [9.17, 15) is 19.7 Å². The molecule has 9 heteroatoms. The van der Waals surface area contributed by atoms with Gasteiger partial charge < -0.3 is 15.6 Å². The Labute approximate surface area is 155 Å². The summed E-state index contributed by atoms with van der Waals surface area (Å²) in [5.74, 6) is -0.0813. The molecule has 26 heavy (non-hydrogen) atoms. The molecule has 0 saturated carbocycles. The molecule has 3 N–H and O–H groups in total. The van der Waals surface area contributed by atoms with Crippen LogP contribution in [0.5, 0.6) is 0 Å². The summed E-state index contributed by atoms with van der Waals surface area (Å²) in [5.41, 5.74) is 6.02. The van der Waals surface area contributed by atoms with Crippen molar-refractivity contribution >= 4 is 34.9 Å². The number of rotatable bonds is 3. The fourth-order valence-electron chi connectivity index (χ4n) is 3.33. The van der Waals surface area contributed by atoms with Gasteiger partial charge in [0, 0.05) is 48.2 Å². The Morgan fingerprint density at radius 2 is 2.15 bits per heavy atom. The van der Waals surface area contributed by atoms with Crippen molar-refractivity contribution in [1.82, 2.24) is 9.88 Å². The molecule has 8 nitrogen and oxygen atoms in total. The number of H-pyrrole nitrogens is 1. The van der Waals surface area contributed by atoms with Crippen LogP contribution >= 0.6 is 12.4 Å². The fraction of sp³-hybridized carbons (Fsp3) is 0.412. The van der Waals surface area contributed by atoms with Gasteiger partial charge in [-0.05, 0) is 31.7 Å². The standard InChI is InChI=1S/C17H20N4O4.ClH/c1-10(18)11-3-2-6-20(9-11)17(23)14-8-16(22)19-15-5-4-12(21(24)25)7-13(14)15;/h4-5,7-8,10-11H,2-3,6,9,18H2,1H3,(H,19,22);1H. The number of likely N-dealkylation sites (tertiary alicyclic amines) is 1. The number of nitrogens with one attached hydrogen (secondary N) is 1. The molecule has 0 aliphatic carbocycles. The number of pyridine rings is 1. The molecule has 2 atom stereocenters. The molecule has 1 aromatic carbocycles. The van der Waals surface area contributed by atoms with Gasteiger partial charge in [0.15, 0.2) is 0 Å². The Kier molecular flexibility index (Phi) is 5.99. The van der Waals surface area contributed by atoms with Crippen molar-refractivity contribution in [1.29, 1.82) is 0 Å². The molecule has 0 bridgehead atoms. The minimum absolute atomic E-state index is 0. The normalized spacial score (nSPS) is 18.2. The van der Waals surface area contributed by atoms with Gasteiger partial charge in [0.05, 0.1) is 10.5 Å². The van der Waals surface area contributed by atoms with E-state index < -0.39 is 10.5 Å². The highest BCUT2D eigenvalue weighted by Gasteiger charge is 2.28. The number of carbonyl (C=O) groups excluding carboxylic acids is 1. The lowest BCUT2D eigenvalue weighted by Gasteiger charge is -2.34. The van der Waals surface area contributed by atoms with Crippen molar-refractivity contribution in [2.75, 3.05) is 13.1 Å². The molecule has 1 aliphatic heterocycles. The second-order valence-corrected chi connectivity index (χ2v) is 6.55. The summed E-state index contributed by atoms with van der Waals surface area (Å²) in [5, 5.41) is 11.4. The van der Waals surface area contributed by atoms with Crippen molar-refractivity contribution < 1.29 is 9.72 Å². The number of piperidine rings is 1. The number of fused-ring (bicyclic) bond motifs is 1. The molecule has 2 unspecified atom stereocenters. The Morgan fingerprint density at radius 1 is 1.42 bits per heavy atom. The maximum Gasteiger partial charge on any atom is 0.270 e. The van der Waals surface area contributed by atoms with Gasteiger partial charge in [-0.1, -0.05) is 0 Å². The van der Waals surface area contributed by atoms with E-state index in [1.54, 1.807) is 4.90 Å². The molecule has 2 aromatic rings. The van der Waals surface area contributed by atoms with Crippen LogP contribution in [0.15, 0.2) is 29.1 Å². The van der Waals surface area contributed by atoms with Gasteiger partial charge in [0.25, 0.3) is 11.6 Å². The number of nitrogens with two attached hydrogens (primary N) is 1. The van der Waals surface area contributed by atoms with E-state index in [2.05, 4.69) is 4.98 Å². The second-order valence-electron chi connectivity index (χ2n) is 6.55. The van der Waals surface area contributed by atoms with E-state index in [-0.39, 0.29) is 41.5 Å². The molecule has 1 amide bonds. The van der Waals surface area contributed by atoms with Crippen molar-refractivity contribution in [2.24, 2.45) is 11.7 Å². The number of nitro groups is 1. The maximum absolute atomic E-state index is 13.0. The van der Waals surface area contributed by atoms with Crippen molar-refractivity contribution in [3.63, 3.8) is 0 Å². The highest BCUT2D eigenvalue weighted by atomic mass is 35.5. The van der Waals surface area contributed by atoms with Crippen molar-refractivity contribution in [2.45, 2.75) is 25.8 Å². The lowest BCUT2D eigenvalue weighted by molar-refractivity contribution is -0.384. The third-order valence-corrected chi connectivity index (χ3v) is 4.76. The second kappa shape index (κ2) is 7.84. The SMILES string of the molecule is CC(N)C1CCCN(C(=O)c2cc(=O)[nH]c3ccc([N+](=O)[O-])cc23)C1.Cl. The quantitative estimate of drug-likeness (QED) is 0.623. The summed E-state index contributed by atoms with van der Waals surface area (Å²) in [6, 6.07) is 5.27. The molecule has 3 rings (SSSR count). The molecule has 140 valence electrons. The molecular weight excluding hydrogens is 360 g/mol. The zero-order valence-electron chi connectivity index (χ0n) is 14.3. The third-order valence-electron chi connectivity index (χ3n) is 4.76. The van der Waals surface area contributed by atoms with Crippen LogP contribution in [0, 0.1) is 16.0 Å². The molecule has 0 spiro atoms. The zero-order chi connectivity index (χ0) is 18.1. The van der Waals surface area contributed by atoms with Crippen LogP contribution in [0.3, 0.4) is 0 Å². The summed E-state index contributed by atoms with van der Waals surface area (Å²) < 4.78 is 0. The summed E-state index contributed by atoms with van der Waals surface area (Å²) in [7, 11) is 0. The molecule has 0 radical (unpaired) electrons. The van der Waals surface area contributed by atoms with Gasteiger partial charge in [0.2, 0.25) is 5.56 Å². The van der Waals surface area contributed by atoms with E-state index in [4.69, 9.17) is 5.73 Å². The van der Waals surface area contributed by atoms with Crippen LogP contribution in [0.4, 0.5) is 5.69 Å². The first-order chi connectivity index (χ1) is 11.9. The number of hydrogen-bond donors (Lipinski definition) is 2. The third kappa shape index (κ3) is 3.86. The average Bonchev–Trinajstić information content (AvgIpc) is 2.59. The van der Waals surface area contributed by atoms with Gasteiger partial charge in [-0.2, -0.15) is 0 Å². The number of non-ortho nitro benzene ring substituents is 1. The van der Waals surface area contributed by atoms with Crippen LogP contribution < -0.4 is 11.3 Å². The molecule has 1 aliphatic rings. The maximum atomic E-state index is 13.0. The first kappa shape index (κ1) is 19.9. The molecule has 2 heterocycles. The lowest BCUT2D eigenvalue weighted by Crippen LogP contribution is -2.45. The molecule has 1 saturated heterocycles. The molecular formula is C17H21ClN4O4. The number of nitrogens with zero attached hydrogens (tertiary/aromatic N) is 2. The number of amides is 1.